The van der Waals surface area contributed by atoms with Gasteiger partial charge in [-0.1, -0.05) is 36.4 Å². The summed E-state index contributed by atoms with van der Waals surface area (Å²) >= 11 is 0. The number of fused-ring (bicyclic) bond motifs is 1. The minimum absolute atomic E-state index is 0.0232. The Kier molecular flexibility index (Phi) is 5.82. The van der Waals surface area contributed by atoms with E-state index >= 15 is 0 Å². The molecular formula is C25H24N6O2. The SMILES string of the molecule is N=C(N)c1cccc(CNC(=O)c2cc3cc(O)ccc3n2Cc2cccc(C(=N)N)c2)c1. The van der Waals surface area contributed by atoms with Crippen LogP contribution in [0.15, 0.2) is 72.8 Å². The summed E-state index contributed by atoms with van der Waals surface area (Å²) in [6.45, 7) is 0.657. The number of amidine groups is 2. The van der Waals surface area contributed by atoms with E-state index in [0.29, 0.717) is 23.4 Å². The van der Waals surface area contributed by atoms with Crippen LogP contribution in [0.2, 0.25) is 0 Å². The standard InChI is InChI=1S/C25H24N6O2/c26-23(27)17-5-1-3-15(9-17)13-30-25(33)22-12-19-11-20(32)7-8-21(19)31(22)14-16-4-2-6-18(10-16)24(28)29/h1-12,32H,13-14H2,(H3,26,27)(H3,28,29)(H,30,33). The van der Waals surface area contributed by atoms with Crippen molar-refractivity contribution in [2.24, 2.45) is 11.5 Å². The van der Waals surface area contributed by atoms with Crippen molar-refractivity contribution in [3.63, 3.8) is 0 Å². The zero-order chi connectivity index (χ0) is 23.5. The second kappa shape index (κ2) is 8.88. The van der Waals surface area contributed by atoms with Gasteiger partial charge < -0.3 is 26.5 Å². The van der Waals surface area contributed by atoms with Crippen molar-refractivity contribution < 1.29 is 9.90 Å². The maximum atomic E-state index is 13.2. The Balaban J connectivity index is 1.66. The Bertz CT molecular complexity index is 1390. The van der Waals surface area contributed by atoms with Gasteiger partial charge in [-0.2, -0.15) is 0 Å². The van der Waals surface area contributed by atoms with Crippen LogP contribution >= 0.6 is 0 Å². The molecule has 8 N–H and O–H groups in total. The third-order valence-corrected chi connectivity index (χ3v) is 5.39. The molecule has 0 aliphatic rings. The van der Waals surface area contributed by atoms with Crippen LogP contribution in [-0.4, -0.2) is 27.3 Å². The van der Waals surface area contributed by atoms with Crippen LogP contribution < -0.4 is 16.8 Å². The number of carbonyl (C=O) groups excluding carboxylic acids is 1. The second-order valence-electron chi connectivity index (χ2n) is 7.77. The van der Waals surface area contributed by atoms with Crippen molar-refractivity contribution in [2.45, 2.75) is 13.1 Å². The first-order chi connectivity index (χ1) is 15.8. The molecule has 0 aliphatic heterocycles. The van der Waals surface area contributed by atoms with Crippen LogP contribution in [0.25, 0.3) is 10.9 Å². The van der Waals surface area contributed by atoms with Crippen LogP contribution in [-0.2, 0) is 13.1 Å². The van der Waals surface area contributed by atoms with Gasteiger partial charge >= 0.3 is 0 Å². The Labute approximate surface area is 190 Å². The van der Waals surface area contributed by atoms with Crippen molar-refractivity contribution >= 4 is 28.5 Å². The number of nitrogens with one attached hydrogen (secondary N) is 3. The van der Waals surface area contributed by atoms with Crippen molar-refractivity contribution in [3.05, 3.63) is 101 Å². The number of aromatic hydroxyl groups is 1. The fourth-order valence-electron chi connectivity index (χ4n) is 3.76. The average Bonchev–Trinajstić information content (AvgIpc) is 3.15. The lowest BCUT2D eigenvalue weighted by atomic mass is 10.1. The molecule has 0 spiro atoms. The molecule has 1 aromatic heterocycles. The molecule has 8 nitrogen and oxygen atoms in total. The summed E-state index contributed by atoms with van der Waals surface area (Å²) in [7, 11) is 0. The normalized spacial score (nSPS) is 10.8. The number of carbonyl (C=O) groups is 1. The minimum atomic E-state index is -0.276. The third-order valence-electron chi connectivity index (χ3n) is 5.39. The van der Waals surface area contributed by atoms with E-state index in [-0.39, 0.29) is 29.9 Å². The third kappa shape index (κ3) is 4.69. The van der Waals surface area contributed by atoms with E-state index in [2.05, 4.69) is 5.32 Å². The number of hydrogen-bond acceptors (Lipinski definition) is 4. The van der Waals surface area contributed by atoms with E-state index in [0.717, 1.165) is 22.0 Å². The Hall–Kier alpha value is -4.59. The van der Waals surface area contributed by atoms with Crippen LogP contribution in [0, 0.1) is 10.8 Å². The van der Waals surface area contributed by atoms with Crippen molar-refractivity contribution in [1.29, 1.82) is 10.8 Å². The van der Waals surface area contributed by atoms with Gasteiger partial charge in [-0.05, 0) is 47.5 Å². The molecule has 8 heteroatoms. The highest BCUT2D eigenvalue weighted by Crippen LogP contribution is 2.25. The van der Waals surface area contributed by atoms with Crippen molar-refractivity contribution in [3.8, 4) is 5.75 Å². The van der Waals surface area contributed by atoms with Gasteiger partial charge in [0.25, 0.3) is 5.91 Å². The molecule has 0 fully saturated rings. The van der Waals surface area contributed by atoms with Crippen LogP contribution in [0.1, 0.15) is 32.7 Å². The molecule has 0 saturated carbocycles. The van der Waals surface area contributed by atoms with Gasteiger partial charge in [-0.25, -0.2) is 0 Å². The van der Waals surface area contributed by atoms with Crippen LogP contribution in [0.3, 0.4) is 0 Å². The number of amides is 1. The number of phenols is 1. The molecule has 0 atom stereocenters. The lowest BCUT2D eigenvalue weighted by molar-refractivity contribution is 0.0942. The summed E-state index contributed by atoms with van der Waals surface area (Å²) < 4.78 is 1.87. The number of aromatic nitrogens is 1. The molecule has 0 radical (unpaired) electrons. The predicted octanol–water partition coefficient (Wildman–Crippen LogP) is 2.89. The maximum absolute atomic E-state index is 13.2. The van der Waals surface area contributed by atoms with E-state index in [9.17, 15) is 9.90 Å². The van der Waals surface area contributed by atoms with Gasteiger partial charge in [-0.15, -0.1) is 0 Å². The lowest BCUT2D eigenvalue weighted by Crippen LogP contribution is -2.26. The molecule has 33 heavy (non-hydrogen) atoms. The van der Waals surface area contributed by atoms with E-state index in [4.69, 9.17) is 22.3 Å². The zero-order valence-corrected chi connectivity index (χ0v) is 17.8. The summed E-state index contributed by atoms with van der Waals surface area (Å²) in [6.07, 6.45) is 0. The number of nitrogen functional groups attached to an aromatic ring is 2. The summed E-state index contributed by atoms with van der Waals surface area (Å²) in [5.74, 6) is -0.214. The van der Waals surface area contributed by atoms with Crippen LogP contribution in [0.5, 0.6) is 5.75 Å². The van der Waals surface area contributed by atoms with E-state index in [1.807, 2.05) is 28.8 Å². The molecule has 166 valence electrons. The van der Waals surface area contributed by atoms with E-state index in [1.165, 1.54) is 0 Å². The Morgan fingerprint density at radius 2 is 1.52 bits per heavy atom. The number of phenolic OH excluding ortho intramolecular Hbond substituents is 1. The highest BCUT2D eigenvalue weighted by molar-refractivity contribution is 5.99. The minimum Gasteiger partial charge on any atom is -0.508 e. The van der Waals surface area contributed by atoms with Gasteiger partial charge in [0.05, 0.1) is 0 Å². The van der Waals surface area contributed by atoms with E-state index < -0.39 is 0 Å². The van der Waals surface area contributed by atoms with Gasteiger partial charge in [0.2, 0.25) is 0 Å². The fraction of sp³-hybridized carbons (Fsp3) is 0.0800. The molecular weight excluding hydrogens is 416 g/mol. The summed E-state index contributed by atoms with van der Waals surface area (Å²) in [5, 5.41) is 28.8. The smallest absolute Gasteiger partial charge is 0.268 e. The number of benzene rings is 3. The molecule has 1 heterocycles. The first-order valence-electron chi connectivity index (χ1n) is 10.3. The fourth-order valence-corrected chi connectivity index (χ4v) is 3.76. The molecule has 3 aromatic carbocycles. The molecule has 4 aromatic rings. The second-order valence-corrected chi connectivity index (χ2v) is 7.77. The van der Waals surface area contributed by atoms with Crippen molar-refractivity contribution in [1.82, 2.24) is 9.88 Å². The number of hydrogen-bond donors (Lipinski definition) is 6. The molecule has 4 rings (SSSR count). The van der Waals surface area contributed by atoms with Gasteiger partial charge in [0.1, 0.15) is 23.1 Å². The van der Waals surface area contributed by atoms with Crippen LogP contribution in [0.4, 0.5) is 0 Å². The lowest BCUT2D eigenvalue weighted by Gasteiger charge is -2.13. The quantitative estimate of drug-likeness (QED) is 0.193. The van der Waals surface area contributed by atoms with E-state index in [1.54, 1.807) is 48.5 Å². The van der Waals surface area contributed by atoms with Crippen molar-refractivity contribution in [2.75, 3.05) is 0 Å². The first kappa shape index (κ1) is 21.6. The summed E-state index contributed by atoms with van der Waals surface area (Å²) in [5.41, 5.74) is 15.3. The van der Waals surface area contributed by atoms with Gasteiger partial charge in [0.15, 0.2) is 0 Å². The molecule has 0 unspecified atom stereocenters. The predicted molar refractivity (Wildman–Crippen MR) is 129 cm³/mol. The molecule has 0 saturated heterocycles. The van der Waals surface area contributed by atoms with Gasteiger partial charge in [-0.3, -0.25) is 15.6 Å². The molecule has 1 amide bonds. The highest BCUT2D eigenvalue weighted by atomic mass is 16.3. The molecule has 0 aliphatic carbocycles. The topological polar surface area (TPSA) is 154 Å². The van der Waals surface area contributed by atoms with Gasteiger partial charge in [0, 0.05) is 35.1 Å². The summed E-state index contributed by atoms with van der Waals surface area (Å²) in [4.78, 5) is 13.2. The maximum Gasteiger partial charge on any atom is 0.268 e. The number of rotatable bonds is 7. The first-order valence-corrected chi connectivity index (χ1v) is 10.3. The highest BCUT2D eigenvalue weighted by Gasteiger charge is 2.17. The zero-order valence-electron chi connectivity index (χ0n) is 17.8. The Morgan fingerprint density at radius 1 is 0.879 bits per heavy atom. The Morgan fingerprint density at radius 3 is 2.18 bits per heavy atom. The monoisotopic (exact) mass is 440 g/mol. The largest absolute Gasteiger partial charge is 0.508 e. The average molecular weight is 441 g/mol. The number of nitrogens with two attached hydrogens (primary N) is 2. The summed E-state index contributed by atoms with van der Waals surface area (Å²) in [6, 6.07) is 21.2. The molecule has 0 bridgehead atoms. The number of nitrogens with zero attached hydrogens (tertiary/aromatic N) is 1.